The number of rotatable bonds is 5. The van der Waals surface area contributed by atoms with Crippen molar-refractivity contribution in [3.05, 3.63) is 35.6 Å². The molecule has 0 aromatic heterocycles. The van der Waals surface area contributed by atoms with E-state index in [4.69, 9.17) is 9.47 Å². The van der Waals surface area contributed by atoms with Gasteiger partial charge >= 0.3 is 0 Å². The van der Waals surface area contributed by atoms with Gasteiger partial charge in [0.1, 0.15) is 5.82 Å². The summed E-state index contributed by atoms with van der Waals surface area (Å²) in [5.74, 6) is -0.189. The van der Waals surface area contributed by atoms with Crippen LogP contribution >= 0.6 is 0 Å². The molecule has 1 atom stereocenters. The van der Waals surface area contributed by atoms with Crippen LogP contribution < -0.4 is 5.32 Å². The Labute approximate surface area is 114 Å². The Bertz CT molecular complexity index is 405. The average molecular weight is 267 g/mol. The van der Waals surface area contributed by atoms with E-state index in [1.807, 2.05) is 13.1 Å². The molecule has 1 fully saturated rings. The van der Waals surface area contributed by atoms with Crippen molar-refractivity contribution >= 4 is 0 Å². The van der Waals surface area contributed by atoms with Crippen molar-refractivity contribution in [3.63, 3.8) is 0 Å². The molecule has 1 unspecified atom stereocenters. The fraction of sp³-hybridized carbons (Fsp3) is 0.600. The molecule has 1 aromatic rings. The Hall–Kier alpha value is -0.970. The van der Waals surface area contributed by atoms with E-state index in [0.29, 0.717) is 0 Å². The van der Waals surface area contributed by atoms with Crippen LogP contribution in [0.1, 0.15) is 18.4 Å². The molecule has 4 heteroatoms. The Morgan fingerprint density at radius 3 is 2.74 bits per heavy atom. The zero-order valence-electron chi connectivity index (χ0n) is 11.6. The predicted molar refractivity (Wildman–Crippen MR) is 72.7 cm³/mol. The first kappa shape index (κ1) is 14.4. The van der Waals surface area contributed by atoms with Gasteiger partial charge in [-0.2, -0.15) is 0 Å². The van der Waals surface area contributed by atoms with Crippen LogP contribution in [0.4, 0.5) is 4.39 Å². The van der Waals surface area contributed by atoms with Crippen LogP contribution in [0.2, 0.25) is 0 Å². The molecule has 0 radical (unpaired) electrons. The van der Waals surface area contributed by atoms with E-state index in [2.05, 4.69) is 5.32 Å². The summed E-state index contributed by atoms with van der Waals surface area (Å²) >= 11 is 0. The molecule has 1 aliphatic rings. The molecule has 19 heavy (non-hydrogen) atoms. The summed E-state index contributed by atoms with van der Waals surface area (Å²) in [6.45, 7) is 1.43. The second kappa shape index (κ2) is 6.46. The molecule has 0 saturated carbocycles. The lowest BCUT2D eigenvalue weighted by Crippen LogP contribution is -2.55. The molecule has 1 aromatic carbocycles. The van der Waals surface area contributed by atoms with E-state index >= 15 is 0 Å². The van der Waals surface area contributed by atoms with Crippen LogP contribution in [0, 0.1) is 5.82 Å². The number of benzene rings is 1. The van der Waals surface area contributed by atoms with Gasteiger partial charge in [-0.25, -0.2) is 4.39 Å². The second-order valence-corrected chi connectivity index (χ2v) is 5.06. The molecule has 1 saturated heterocycles. The van der Waals surface area contributed by atoms with Gasteiger partial charge in [-0.1, -0.05) is 12.1 Å². The highest BCUT2D eigenvalue weighted by Gasteiger charge is 2.39. The number of ether oxygens (including phenoxy) is 2. The summed E-state index contributed by atoms with van der Waals surface area (Å²) in [4.78, 5) is 0. The molecule has 2 rings (SSSR count). The molecule has 3 nitrogen and oxygen atoms in total. The lowest BCUT2D eigenvalue weighted by atomic mass is 9.82. The summed E-state index contributed by atoms with van der Waals surface area (Å²) in [5, 5.41) is 3.33. The topological polar surface area (TPSA) is 30.5 Å². The number of methoxy groups -OCH3 is 1. The number of hydrogen-bond donors (Lipinski definition) is 1. The van der Waals surface area contributed by atoms with E-state index in [1.54, 1.807) is 19.2 Å². The summed E-state index contributed by atoms with van der Waals surface area (Å²) < 4.78 is 24.5. The molecule has 1 heterocycles. The van der Waals surface area contributed by atoms with Crippen LogP contribution in [0.25, 0.3) is 0 Å². The highest BCUT2D eigenvalue weighted by atomic mass is 19.1. The first-order chi connectivity index (χ1) is 9.20. The fourth-order valence-corrected chi connectivity index (χ4v) is 2.86. The van der Waals surface area contributed by atoms with Crippen molar-refractivity contribution in [2.75, 3.05) is 27.4 Å². The number of nitrogens with one attached hydrogen (secondary N) is 1. The van der Waals surface area contributed by atoms with E-state index in [1.165, 1.54) is 6.07 Å². The number of hydrogen-bond acceptors (Lipinski definition) is 3. The lowest BCUT2D eigenvalue weighted by Gasteiger charge is -2.42. The molecule has 0 amide bonds. The van der Waals surface area contributed by atoms with Gasteiger partial charge in [0.25, 0.3) is 0 Å². The molecular formula is C15H22FNO2. The monoisotopic (exact) mass is 267 g/mol. The van der Waals surface area contributed by atoms with Gasteiger partial charge in [0.05, 0.1) is 5.60 Å². The maximum atomic E-state index is 13.3. The van der Waals surface area contributed by atoms with E-state index in [0.717, 1.165) is 38.0 Å². The van der Waals surface area contributed by atoms with Crippen molar-refractivity contribution in [1.82, 2.24) is 5.32 Å². The minimum atomic E-state index is -0.223. The highest BCUT2D eigenvalue weighted by molar-refractivity contribution is 5.18. The van der Waals surface area contributed by atoms with Gasteiger partial charge in [-0.05, 0) is 31.2 Å². The standard InChI is InChI=1S/C15H22FNO2/c1-17-14(11-12-4-3-5-13(16)10-12)15(18-2)6-8-19-9-7-15/h3-5,10,14,17H,6-9,11H2,1-2H3. The summed E-state index contributed by atoms with van der Waals surface area (Å²) in [5.41, 5.74) is 0.765. The Morgan fingerprint density at radius 1 is 1.42 bits per heavy atom. The molecule has 1 aliphatic heterocycles. The molecule has 1 N–H and O–H groups in total. The third-order valence-corrected chi connectivity index (χ3v) is 4.06. The van der Waals surface area contributed by atoms with Crippen molar-refractivity contribution in [2.45, 2.75) is 30.9 Å². The van der Waals surface area contributed by atoms with Gasteiger partial charge in [0.15, 0.2) is 0 Å². The van der Waals surface area contributed by atoms with Crippen molar-refractivity contribution in [2.24, 2.45) is 0 Å². The number of halogens is 1. The van der Waals surface area contributed by atoms with Crippen LogP contribution in [0.15, 0.2) is 24.3 Å². The zero-order valence-corrected chi connectivity index (χ0v) is 11.6. The quantitative estimate of drug-likeness (QED) is 0.886. The third-order valence-electron chi connectivity index (χ3n) is 4.06. The van der Waals surface area contributed by atoms with E-state index in [-0.39, 0.29) is 17.5 Å². The Morgan fingerprint density at radius 2 is 2.16 bits per heavy atom. The first-order valence-corrected chi connectivity index (χ1v) is 6.75. The third kappa shape index (κ3) is 3.32. The first-order valence-electron chi connectivity index (χ1n) is 6.75. The molecular weight excluding hydrogens is 245 g/mol. The maximum Gasteiger partial charge on any atom is 0.123 e. The SMILES string of the molecule is CNC(Cc1cccc(F)c1)C1(OC)CCOCC1. The van der Waals surface area contributed by atoms with Crippen LogP contribution in [0.5, 0.6) is 0 Å². The van der Waals surface area contributed by atoms with E-state index < -0.39 is 0 Å². The highest BCUT2D eigenvalue weighted by Crippen LogP contribution is 2.30. The normalized spacial score (nSPS) is 20.2. The zero-order chi connectivity index (χ0) is 13.7. The summed E-state index contributed by atoms with van der Waals surface area (Å²) in [6, 6.07) is 6.92. The minimum Gasteiger partial charge on any atom is -0.381 e. The van der Waals surface area contributed by atoms with Gasteiger partial charge < -0.3 is 14.8 Å². The lowest BCUT2D eigenvalue weighted by molar-refractivity contribution is -0.109. The molecule has 106 valence electrons. The van der Waals surface area contributed by atoms with Gasteiger partial charge in [0.2, 0.25) is 0 Å². The Balaban J connectivity index is 2.14. The maximum absolute atomic E-state index is 13.3. The smallest absolute Gasteiger partial charge is 0.123 e. The number of likely N-dealkylation sites (N-methyl/N-ethyl adjacent to an activating group) is 1. The molecule has 0 aliphatic carbocycles. The van der Waals surface area contributed by atoms with E-state index in [9.17, 15) is 4.39 Å². The van der Waals surface area contributed by atoms with Gasteiger partial charge in [-0.3, -0.25) is 0 Å². The van der Waals surface area contributed by atoms with Crippen LogP contribution in [0.3, 0.4) is 0 Å². The predicted octanol–water partition coefficient (Wildman–Crippen LogP) is 2.15. The van der Waals surface area contributed by atoms with Crippen molar-refractivity contribution < 1.29 is 13.9 Å². The second-order valence-electron chi connectivity index (χ2n) is 5.06. The van der Waals surface area contributed by atoms with Crippen LogP contribution in [-0.4, -0.2) is 39.0 Å². The van der Waals surface area contributed by atoms with Gasteiger partial charge in [0, 0.05) is 39.2 Å². The summed E-state index contributed by atoms with van der Waals surface area (Å²) in [7, 11) is 3.68. The van der Waals surface area contributed by atoms with Crippen LogP contribution in [-0.2, 0) is 15.9 Å². The van der Waals surface area contributed by atoms with Gasteiger partial charge in [-0.15, -0.1) is 0 Å². The fourth-order valence-electron chi connectivity index (χ4n) is 2.86. The molecule has 0 spiro atoms. The molecule has 0 bridgehead atoms. The Kier molecular flexibility index (Phi) is 4.91. The van der Waals surface area contributed by atoms with Crippen molar-refractivity contribution in [3.8, 4) is 0 Å². The van der Waals surface area contributed by atoms with Crippen molar-refractivity contribution in [1.29, 1.82) is 0 Å². The summed E-state index contributed by atoms with van der Waals surface area (Å²) in [6.07, 6.45) is 2.48. The average Bonchev–Trinajstić information content (AvgIpc) is 2.45. The minimum absolute atomic E-state index is 0.156. The largest absolute Gasteiger partial charge is 0.381 e.